The zero-order chi connectivity index (χ0) is 56.3. The number of aryl methyl sites for hydroxylation is 2. The molecule has 0 aliphatic heterocycles. The Morgan fingerprint density at radius 2 is 0.740 bits per heavy atom. The fraction of sp³-hybridized carbons (Fsp3) is 0.810. The predicted molar refractivity (Wildman–Crippen MR) is 319 cm³/mol. The van der Waals surface area contributed by atoms with Crippen molar-refractivity contribution in [2.24, 2.45) is 76.9 Å². The molecule has 5 aliphatic rings. The molecule has 0 aromatic heterocycles. The van der Waals surface area contributed by atoms with Crippen molar-refractivity contribution in [3.05, 3.63) is 59.7 Å². The first kappa shape index (κ1) is 63.5. The highest BCUT2D eigenvalue weighted by Crippen LogP contribution is 2.61. The van der Waals surface area contributed by atoms with Gasteiger partial charge in [0.1, 0.15) is 0 Å². The van der Waals surface area contributed by atoms with Crippen molar-refractivity contribution in [2.45, 2.75) is 259 Å². The molecule has 0 bridgehead atoms. The molecule has 0 saturated heterocycles. The van der Waals surface area contributed by atoms with Gasteiger partial charge in [0.2, 0.25) is 10.0 Å². The van der Waals surface area contributed by atoms with Crippen LogP contribution in [0.2, 0.25) is 0 Å². The molecule has 10 nitrogen and oxygen atoms in total. The normalized spacial score (nSPS) is 32.8. The highest BCUT2D eigenvalue weighted by atomic mass is 32.2. The molecule has 2 aromatic rings. The molecule has 0 spiro atoms. The van der Waals surface area contributed by atoms with Gasteiger partial charge in [-0.2, -0.15) is 0 Å². The first-order valence-corrected chi connectivity index (χ1v) is 35.8. The summed E-state index contributed by atoms with van der Waals surface area (Å²) in [5.74, 6) is 4.24. The molecule has 14 heteroatoms. The van der Waals surface area contributed by atoms with Gasteiger partial charge in [0.05, 0.1) is 34.2 Å². The van der Waals surface area contributed by atoms with E-state index in [4.69, 9.17) is 18.1 Å². The van der Waals surface area contributed by atoms with Crippen LogP contribution in [0, 0.1) is 90.8 Å². The number of nitrogens with zero attached hydrogens (tertiary/aromatic N) is 2. The molecule has 13 atom stereocenters. The van der Waals surface area contributed by atoms with Crippen molar-refractivity contribution in [2.75, 3.05) is 0 Å². The Morgan fingerprint density at radius 1 is 0.442 bits per heavy atom. The third-order valence-corrected chi connectivity index (χ3v) is 28.5. The summed E-state index contributed by atoms with van der Waals surface area (Å²) < 4.78 is 97.3. The van der Waals surface area contributed by atoms with Gasteiger partial charge in [-0.05, 0) is 206 Å². The van der Waals surface area contributed by atoms with Crippen LogP contribution in [0.3, 0.4) is 0 Å². The monoisotopic (exact) mass is 1140 g/mol. The molecular formula is C63H106N2O8P2S2. The minimum atomic E-state index is -4.23. The van der Waals surface area contributed by atoms with Crippen LogP contribution in [-0.2, 0) is 38.1 Å². The van der Waals surface area contributed by atoms with Crippen LogP contribution < -0.4 is 0 Å². The molecule has 2 aromatic carbocycles. The van der Waals surface area contributed by atoms with Gasteiger partial charge in [-0.15, -0.1) is 8.15 Å². The van der Waals surface area contributed by atoms with E-state index < -0.39 is 48.7 Å². The van der Waals surface area contributed by atoms with E-state index >= 15 is 16.8 Å². The summed E-state index contributed by atoms with van der Waals surface area (Å²) in [6.45, 7) is 35.6. The number of hydrogen-bond acceptors (Lipinski definition) is 8. The minimum absolute atomic E-state index is 0.140. The fourth-order valence-corrected chi connectivity index (χ4v) is 23.1. The largest absolute Gasteiger partial charge is 0.318 e. The van der Waals surface area contributed by atoms with Gasteiger partial charge in [0.25, 0.3) is 27.1 Å². The van der Waals surface area contributed by atoms with Gasteiger partial charge < -0.3 is 18.1 Å². The molecule has 438 valence electrons. The minimum Gasteiger partial charge on any atom is -0.318 e. The van der Waals surface area contributed by atoms with E-state index in [1.165, 1.54) is 0 Å². The second-order valence-corrected chi connectivity index (χ2v) is 34.4. The van der Waals surface area contributed by atoms with Crippen molar-refractivity contribution in [1.29, 1.82) is 0 Å². The van der Waals surface area contributed by atoms with Crippen LogP contribution in [0.4, 0.5) is 0 Å². The highest BCUT2D eigenvalue weighted by molar-refractivity contribution is 7.94. The maximum atomic E-state index is 16.0. The molecule has 7 rings (SSSR count). The van der Waals surface area contributed by atoms with E-state index in [1.807, 2.05) is 38.1 Å². The third kappa shape index (κ3) is 15.4. The van der Waals surface area contributed by atoms with Crippen LogP contribution in [0.15, 0.2) is 58.3 Å². The lowest BCUT2D eigenvalue weighted by atomic mass is 9.75. The summed E-state index contributed by atoms with van der Waals surface area (Å²) in [4.78, 5) is 0.493. The molecule has 0 N–H and O–H groups in total. The van der Waals surface area contributed by atoms with E-state index in [9.17, 15) is 0 Å². The summed E-state index contributed by atoms with van der Waals surface area (Å²) in [6, 6.07) is 14.1. The fourth-order valence-electron chi connectivity index (χ4n) is 14.4. The first-order chi connectivity index (χ1) is 36.2. The molecule has 2 unspecified atom stereocenters. The summed E-state index contributed by atoms with van der Waals surface area (Å²) in [5.41, 5.74) is 0.989. The van der Waals surface area contributed by atoms with Crippen LogP contribution in [-0.4, -0.2) is 61.0 Å². The van der Waals surface area contributed by atoms with E-state index in [1.54, 1.807) is 32.4 Å². The standard InChI is InChI=1S/C63H106N2O8P2S2/c1-41(2)55-33-21-47(11)37-59(55)70-74(71-60-38-48(12)22-34-56(60)42(3)4)64(76(66,67)53-29-17-45(9)18-30-53)52-27-25-51(26-28-52)63(15,16)65(77(68,69)54-31-19-46(10)20-32-54)75(72-61-39-49(13)23-35-57(61)43(5)6)73-62-40-50(14)24-36-58(62)44(7)8/h17-20,29-32,41-44,47-52,55-62H,21-28,33-40H2,1-16H3/t47-,48-,49-,50-,51?,52?,55+,56?,57+,58+,59-,60-,61-,62-,74?/m1/s1. The first-order valence-electron chi connectivity index (χ1n) is 30.7. The summed E-state index contributed by atoms with van der Waals surface area (Å²) in [5, 5.41) is 0. The second kappa shape index (κ2) is 27.1. The van der Waals surface area contributed by atoms with Gasteiger partial charge in [0, 0.05) is 11.6 Å². The molecule has 77 heavy (non-hydrogen) atoms. The SMILES string of the molecule is Cc1ccc(S(=O)(=O)N(C2CCC(C(C)(C)N(P(O[C@@H]3C[C@H](C)CC[C@H]3C(C)C)O[C@@H]3C[C@H](C)CC[C@H]3C(C)C)S(=O)(=O)c3ccc(C)cc3)CC2)P(O[C@@H]2C[C@H](C)CCC2C(C)C)O[C@@H]2C[C@H](C)CC[C@H]2C(C)C)cc1. The molecule has 0 amide bonds. The second-order valence-electron chi connectivity index (χ2n) is 27.7. The van der Waals surface area contributed by atoms with E-state index in [-0.39, 0.29) is 63.8 Å². The van der Waals surface area contributed by atoms with Gasteiger partial charge in [0.15, 0.2) is 0 Å². The Labute approximate surface area is 473 Å². The average Bonchev–Trinajstić information content (AvgIpc) is 3.36. The summed E-state index contributed by atoms with van der Waals surface area (Å²) in [6.07, 6.45) is 13.8. The summed E-state index contributed by atoms with van der Waals surface area (Å²) >= 11 is 0. The van der Waals surface area contributed by atoms with Crippen LogP contribution >= 0.6 is 17.1 Å². The Morgan fingerprint density at radius 3 is 1.05 bits per heavy atom. The van der Waals surface area contributed by atoms with E-state index in [0.29, 0.717) is 73.0 Å². The zero-order valence-corrected chi connectivity index (χ0v) is 54.1. The molecule has 0 heterocycles. The molecule has 5 aliphatic carbocycles. The highest BCUT2D eigenvalue weighted by Gasteiger charge is 2.54. The summed E-state index contributed by atoms with van der Waals surface area (Å²) in [7, 11) is -12.7. The smallest absolute Gasteiger partial charge is 0.274 e. The lowest BCUT2D eigenvalue weighted by Gasteiger charge is -2.50. The van der Waals surface area contributed by atoms with Gasteiger partial charge in [-0.3, -0.25) is 0 Å². The van der Waals surface area contributed by atoms with Crippen molar-refractivity contribution >= 4 is 37.1 Å². The van der Waals surface area contributed by atoms with Crippen LogP contribution in [0.1, 0.15) is 211 Å². The maximum absolute atomic E-state index is 16.0. The van der Waals surface area contributed by atoms with E-state index in [2.05, 4.69) is 96.9 Å². The Bertz CT molecular complexity index is 2310. The molecule has 0 radical (unpaired) electrons. The number of rotatable bonds is 21. The number of benzene rings is 2. The van der Waals surface area contributed by atoms with Crippen molar-refractivity contribution in [1.82, 2.24) is 8.15 Å². The van der Waals surface area contributed by atoms with Crippen molar-refractivity contribution in [3.8, 4) is 0 Å². The Hall–Kier alpha value is -1.04. The predicted octanol–water partition coefficient (Wildman–Crippen LogP) is 17.7. The van der Waals surface area contributed by atoms with Crippen LogP contribution in [0.25, 0.3) is 0 Å². The third-order valence-electron chi connectivity index (χ3n) is 19.7. The Kier molecular flexibility index (Phi) is 22.4. The Balaban J connectivity index is 1.32. The van der Waals surface area contributed by atoms with Gasteiger partial charge in [-0.1, -0.05) is 144 Å². The number of hydrogen-bond donors (Lipinski definition) is 0. The molecule has 5 fully saturated rings. The van der Waals surface area contributed by atoms with Crippen molar-refractivity contribution < 1.29 is 34.9 Å². The number of sulfonamides is 2. The lowest BCUT2D eigenvalue weighted by Crippen LogP contribution is -2.53. The quantitative estimate of drug-likeness (QED) is 0.114. The average molecular weight is 1150 g/mol. The van der Waals surface area contributed by atoms with E-state index in [0.717, 1.165) is 88.2 Å². The van der Waals surface area contributed by atoms with Gasteiger partial charge >= 0.3 is 0 Å². The van der Waals surface area contributed by atoms with Crippen LogP contribution in [0.5, 0.6) is 0 Å². The zero-order valence-electron chi connectivity index (χ0n) is 50.7. The molecular weight excluding hydrogens is 1040 g/mol. The topological polar surface area (TPSA) is 112 Å². The van der Waals surface area contributed by atoms with Crippen molar-refractivity contribution in [3.63, 3.8) is 0 Å². The van der Waals surface area contributed by atoms with Gasteiger partial charge in [-0.25, -0.2) is 16.8 Å². The maximum Gasteiger partial charge on any atom is 0.274 e. The molecule has 5 saturated carbocycles. The lowest BCUT2D eigenvalue weighted by molar-refractivity contribution is -0.00486.